The predicted molar refractivity (Wildman–Crippen MR) is 65.5 cm³/mol. The fourth-order valence-electron chi connectivity index (χ4n) is 2.75. The van der Waals surface area contributed by atoms with Crippen LogP contribution >= 0.6 is 0 Å². The van der Waals surface area contributed by atoms with Crippen LogP contribution in [-0.2, 0) is 4.79 Å². The molecule has 3 unspecified atom stereocenters. The van der Waals surface area contributed by atoms with E-state index < -0.39 is 5.97 Å². The number of nitrogen functional groups attached to an aromatic ring is 1. The number of rotatable bonds is 2. The molecule has 1 fully saturated rings. The number of hydrogen-bond acceptors (Lipinski definition) is 3. The number of carboxylic acid groups (broad SMARTS) is 1. The van der Waals surface area contributed by atoms with Crippen LogP contribution in [0.25, 0.3) is 0 Å². The Labute approximate surface area is 101 Å². The zero-order valence-electron chi connectivity index (χ0n) is 9.97. The topological polar surface area (TPSA) is 76.2 Å². The Morgan fingerprint density at radius 1 is 1.53 bits per heavy atom. The zero-order chi connectivity index (χ0) is 12.4. The quantitative estimate of drug-likeness (QED) is 0.823. The lowest BCUT2D eigenvalue weighted by Crippen LogP contribution is -2.29. The van der Waals surface area contributed by atoms with E-state index in [1.54, 1.807) is 18.5 Å². The van der Waals surface area contributed by atoms with E-state index in [9.17, 15) is 9.90 Å². The molecule has 92 valence electrons. The van der Waals surface area contributed by atoms with E-state index in [0.717, 1.165) is 24.8 Å². The number of pyridine rings is 1. The first-order chi connectivity index (χ1) is 8.09. The molecule has 3 atom stereocenters. The number of carboxylic acids is 1. The van der Waals surface area contributed by atoms with E-state index in [2.05, 4.69) is 11.9 Å². The zero-order valence-corrected chi connectivity index (χ0v) is 9.97. The van der Waals surface area contributed by atoms with Gasteiger partial charge in [0.15, 0.2) is 0 Å². The molecule has 0 saturated heterocycles. The van der Waals surface area contributed by atoms with Gasteiger partial charge in [-0.3, -0.25) is 9.78 Å². The van der Waals surface area contributed by atoms with Crippen molar-refractivity contribution in [2.75, 3.05) is 5.73 Å². The van der Waals surface area contributed by atoms with Crippen molar-refractivity contribution in [1.82, 2.24) is 4.98 Å². The second-order valence-corrected chi connectivity index (χ2v) is 4.97. The summed E-state index contributed by atoms with van der Waals surface area (Å²) in [5.41, 5.74) is 7.48. The van der Waals surface area contributed by atoms with Gasteiger partial charge >= 0.3 is 5.97 Å². The molecule has 0 bridgehead atoms. The SMILES string of the molecule is CC1CCC(C(=O)O)C(c2cnccc2N)C1. The molecule has 1 saturated carbocycles. The normalized spacial score (nSPS) is 28.9. The van der Waals surface area contributed by atoms with Crippen molar-refractivity contribution in [2.45, 2.75) is 32.1 Å². The fraction of sp³-hybridized carbons (Fsp3) is 0.538. The highest BCUT2D eigenvalue weighted by Crippen LogP contribution is 2.42. The summed E-state index contributed by atoms with van der Waals surface area (Å²) in [6.45, 7) is 2.16. The Hall–Kier alpha value is -1.58. The van der Waals surface area contributed by atoms with Crippen molar-refractivity contribution in [3.63, 3.8) is 0 Å². The molecular weight excluding hydrogens is 216 g/mol. The first-order valence-electron chi connectivity index (χ1n) is 6.01. The molecule has 1 heterocycles. The summed E-state index contributed by atoms with van der Waals surface area (Å²) in [5.74, 6) is -0.483. The lowest BCUT2D eigenvalue weighted by atomic mass is 9.71. The fourth-order valence-corrected chi connectivity index (χ4v) is 2.75. The van der Waals surface area contributed by atoms with E-state index in [1.807, 2.05) is 0 Å². The highest BCUT2D eigenvalue weighted by Gasteiger charge is 2.35. The summed E-state index contributed by atoms with van der Waals surface area (Å²) in [6.07, 6.45) is 5.95. The van der Waals surface area contributed by atoms with Crippen LogP contribution in [0.1, 0.15) is 37.7 Å². The maximum absolute atomic E-state index is 11.3. The molecular formula is C13H18N2O2. The van der Waals surface area contributed by atoms with Gasteiger partial charge in [-0.05, 0) is 36.8 Å². The van der Waals surface area contributed by atoms with Crippen LogP contribution in [0.15, 0.2) is 18.5 Å². The maximum atomic E-state index is 11.3. The van der Waals surface area contributed by atoms with Crippen molar-refractivity contribution in [1.29, 1.82) is 0 Å². The molecule has 4 nitrogen and oxygen atoms in total. The smallest absolute Gasteiger partial charge is 0.307 e. The van der Waals surface area contributed by atoms with Crippen molar-refractivity contribution < 1.29 is 9.90 Å². The van der Waals surface area contributed by atoms with Crippen molar-refractivity contribution >= 4 is 11.7 Å². The molecule has 0 amide bonds. The molecule has 2 rings (SSSR count). The molecule has 1 aliphatic carbocycles. The number of carbonyl (C=O) groups is 1. The molecule has 1 aromatic heterocycles. The van der Waals surface area contributed by atoms with Crippen molar-refractivity contribution in [2.24, 2.45) is 11.8 Å². The molecule has 4 heteroatoms. The molecule has 1 aromatic rings. The number of anilines is 1. The Morgan fingerprint density at radius 2 is 2.29 bits per heavy atom. The van der Waals surface area contributed by atoms with Crippen LogP contribution in [0.5, 0.6) is 0 Å². The van der Waals surface area contributed by atoms with Crippen molar-refractivity contribution in [3.8, 4) is 0 Å². The van der Waals surface area contributed by atoms with Gasteiger partial charge in [-0.1, -0.05) is 6.92 Å². The summed E-state index contributed by atoms with van der Waals surface area (Å²) in [5, 5.41) is 9.29. The summed E-state index contributed by atoms with van der Waals surface area (Å²) < 4.78 is 0. The van der Waals surface area contributed by atoms with Crippen LogP contribution in [-0.4, -0.2) is 16.1 Å². The average molecular weight is 234 g/mol. The number of nitrogens with two attached hydrogens (primary N) is 1. The van der Waals surface area contributed by atoms with Crippen LogP contribution < -0.4 is 5.73 Å². The first kappa shape index (κ1) is 11.9. The Kier molecular flexibility index (Phi) is 3.31. The maximum Gasteiger partial charge on any atom is 0.307 e. The van der Waals surface area contributed by atoms with Crippen LogP contribution in [0.2, 0.25) is 0 Å². The van der Waals surface area contributed by atoms with Gasteiger partial charge in [0.25, 0.3) is 0 Å². The van der Waals surface area contributed by atoms with E-state index in [0.29, 0.717) is 11.6 Å². The Morgan fingerprint density at radius 3 is 2.94 bits per heavy atom. The monoisotopic (exact) mass is 234 g/mol. The van der Waals surface area contributed by atoms with E-state index >= 15 is 0 Å². The minimum absolute atomic E-state index is 0.00458. The highest BCUT2D eigenvalue weighted by molar-refractivity contribution is 5.72. The van der Waals surface area contributed by atoms with Gasteiger partial charge in [0.2, 0.25) is 0 Å². The summed E-state index contributed by atoms with van der Waals surface area (Å²) in [6, 6.07) is 1.74. The Balaban J connectivity index is 2.32. The molecule has 3 N–H and O–H groups in total. The van der Waals surface area contributed by atoms with E-state index in [1.165, 1.54) is 0 Å². The van der Waals surface area contributed by atoms with E-state index in [4.69, 9.17) is 5.73 Å². The molecule has 0 spiro atoms. The second kappa shape index (κ2) is 4.73. The van der Waals surface area contributed by atoms with Gasteiger partial charge in [0, 0.05) is 24.0 Å². The second-order valence-electron chi connectivity index (χ2n) is 4.97. The van der Waals surface area contributed by atoms with Crippen LogP contribution in [0.3, 0.4) is 0 Å². The first-order valence-corrected chi connectivity index (χ1v) is 6.01. The summed E-state index contributed by atoms with van der Waals surface area (Å²) in [4.78, 5) is 15.4. The lowest BCUT2D eigenvalue weighted by Gasteiger charge is -2.33. The predicted octanol–water partition coefficient (Wildman–Crippen LogP) is 2.27. The molecule has 17 heavy (non-hydrogen) atoms. The summed E-state index contributed by atoms with van der Waals surface area (Å²) >= 11 is 0. The van der Waals surface area contributed by atoms with Crippen LogP contribution in [0.4, 0.5) is 5.69 Å². The minimum Gasteiger partial charge on any atom is -0.481 e. The van der Waals surface area contributed by atoms with Gasteiger partial charge in [0.1, 0.15) is 0 Å². The molecule has 0 radical (unpaired) electrons. The molecule has 1 aliphatic rings. The third-order valence-corrected chi connectivity index (χ3v) is 3.72. The Bertz CT molecular complexity index is 420. The summed E-state index contributed by atoms with van der Waals surface area (Å²) in [7, 11) is 0. The van der Waals surface area contributed by atoms with E-state index in [-0.39, 0.29) is 11.8 Å². The minimum atomic E-state index is -0.717. The number of hydrogen-bond donors (Lipinski definition) is 2. The largest absolute Gasteiger partial charge is 0.481 e. The van der Waals surface area contributed by atoms with Gasteiger partial charge in [-0.2, -0.15) is 0 Å². The van der Waals surface area contributed by atoms with Gasteiger partial charge < -0.3 is 10.8 Å². The number of aromatic nitrogens is 1. The third-order valence-electron chi connectivity index (χ3n) is 3.72. The molecule has 0 aromatic carbocycles. The lowest BCUT2D eigenvalue weighted by molar-refractivity contribution is -0.143. The highest BCUT2D eigenvalue weighted by atomic mass is 16.4. The third kappa shape index (κ3) is 2.40. The number of nitrogens with zero attached hydrogens (tertiary/aromatic N) is 1. The van der Waals surface area contributed by atoms with Gasteiger partial charge in [-0.15, -0.1) is 0 Å². The number of aliphatic carboxylic acids is 1. The van der Waals surface area contributed by atoms with Gasteiger partial charge in [0.05, 0.1) is 5.92 Å². The van der Waals surface area contributed by atoms with Crippen LogP contribution in [0, 0.1) is 11.8 Å². The van der Waals surface area contributed by atoms with Gasteiger partial charge in [-0.25, -0.2) is 0 Å². The standard InChI is InChI=1S/C13H18N2O2/c1-8-2-3-9(13(16)17)10(6-8)11-7-15-5-4-12(11)14/h4-5,7-10H,2-3,6H2,1H3,(H2,14,15)(H,16,17). The van der Waals surface area contributed by atoms with Crippen molar-refractivity contribution in [3.05, 3.63) is 24.0 Å². The average Bonchev–Trinajstić information content (AvgIpc) is 2.29. The molecule has 0 aliphatic heterocycles.